The SMILES string of the molecule is [2H]C(=C)C(=O)OC. The molecule has 0 aromatic carbocycles. The van der Waals surface area contributed by atoms with E-state index in [0.717, 1.165) is 0 Å². The molecule has 0 radical (unpaired) electrons. The van der Waals surface area contributed by atoms with E-state index in [0.29, 0.717) is 0 Å². The standard InChI is InChI=1S/C4H6O2/c1-3-4(5)6-2/h3H,1H2,2H3/i3D. The maximum absolute atomic E-state index is 10.0. The molecule has 0 spiro atoms. The van der Waals surface area contributed by atoms with Crippen LogP contribution in [-0.4, -0.2) is 13.1 Å². The van der Waals surface area contributed by atoms with Crippen molar-refractivity contribution in [2.75, 3.05) is 7.11 Å². The molecule has 0 aromatic rings. The molecule has 0 unspecified atom stereocenters. The lowest BCUT2D eigenvalue weighted by Crippen LogP contribution is -1.91. The van der Waals surface area contributed by atoms with Crippen LogP contribution in [0.2, 0.25) is 0 Å². The molecule has 0 N–H and O–H groups in total. The molecule has 2 nitrogen and oxygen atoms in total. The van der Waals surface area contributed by atoms with Crippen LogP contribution in [0.1, 0.15) is 1.37 Å². The zero-order valence-electron chi connectivity index (χ0n) is 4.52. The largest absolute Gasteiger partial charge is 0.466 e. The number of ether oxygens (including phenoxy) is 1. The van der Waals surface area contributed by atoms with Gasteiger partial charge in [-0.15, -0.1) is 0 Å². The van der Waals surface area contributed by atoms with E-state index < -0.39 is 5.97 Å². The first-order valence-corrected chi connectivity index (χ1v) is 1.42. The fourth-order valence-electron chi connectivity index (χ4n) is 0.0722. The minimum atomic E-state index is -0.681. The smallest absolute Gasteiger partial charge is 0.329 e. The van der Waals surface area contributed by atoms with E-state index in [1.54, 1.807) is 0 Å². The predicted octanol–water partition coefficient (Wildman–Crippen LogP) is 0.345. The van der Waals surface area contributed by atoms with Gasteiger partial charge in [-0.3, -0.25) is 0 Å². The van der Waals surface area contributed by atoms with Gasteiger partial charge in [0, 0.05) is 6.05 Å². The fraction of sp³-hybridized carbons (Fsp3) is 0.250. The molecule has 6 heavy (non-hydrogen) atoms. The van der Waals surface area contributed by atoms with Gasteiger partial charge in [0.15, 0.2) is 0 Å². The Morgan fingerprint density at radius 2 is 2.83 bits per heavy atom. The summed E-state index contributed by atoms with van der Waals surface area (Å²) < 4.78 is 10.6. The number of hydrogen-bond acceptors (Lipinski definition) is 2. The first-order chi connectivity index (χ1) is 3.18. The highest BCUT2D eigenvalue weighted by Gasteiger charge is 1.81. The summed E-state index contributed by atoms with van der Waals surface area (Å²) in [7, 11) is 1.21. The Kier molecular flexibility index (Phi) is 1.39. The molecule has 0 aliphatic carbocycles. The second kappa shape index (κ2) is 2.45. The summed E-state index contributed by atoms with van der Waals surface area (Å²) in [6, 6.07) is -0.317. The topological polar surface area (TPSA) is 26.3 Å². The number of rotatable bonds is 1. The summed E-state index contributed by atoms with van der Waals surface area (Å²) in [5.74, 6) is -0.681. The van der Waals surface area contributed by atoms with Gasteiger partial charge in [-0.05, 0) is 0 Å². The molecule has 0 saturated carbocycles. The second-order valence-corrected chi connectivity index (χ2v) is 0.668. The zero-order chi connectivity index (χ0) is 5.86. The van der Waals surface area contributed by atoms with Gasteiger partial charge in [-0.2, -0.15) is 0 Å². The van der Waals surface area contributed by atoms with Crippen LogP contribution in [0.4, 0.5) is 0 Å². The average molecular weight is 87.1 g/mol. The molecule has 0 amide bonds. The van der Waals surface area contributed by atoms with Gasteiger partial charge < -0.3 is 4.74 Å². The molecular weight excluding hydrogens is 80.0 g/mol. The van der Waals surface area contributed by atoms with Crippen molar-refractivity contribution in [3.05, 3.63) is 12.6 Å². The summed E-state index contributed by atoms with van der Waals surface area (Å²) in [5, 5.41) is 0. The van der Waals surface area contributed by atoms with Crippen LogP contribution in [-0.2, 0) is 9.53 Å². The lowest BCUT2D eigenvalue weighted by Gasteiger charge is -1.83. The van der Waals surface area contributed by atoms with Crippen LogP contribution in [0.25, 0.3) is 0 Å². The highest BCUT2D eigenvalue weighted by molar-refractivity contribution is 5.80. The average Bonchev–Trinajstić information content (AvgIpc) is 1.65. The third kappa shape index (κ3) is 1.52. The molecule has 0 rings (SSSR count). The minimum absolute atomic E-state index is 0.317. The lowest BCUT2D eigenvalue weighted by atomic mass is 10.7. The first-order valence-electron chi connectivity index (χ1n) is 1.92. The van der Waals surface area contributed by atoms with Crippen LogP contribution in [0.3, 0.4) is 0 Å². The Bertz CT molecular complexity index is 97.9. The normalized spacial score (nSPS) is 9.17. The van der Waals surface area contributed by atoms with Crippen molar-refractivity contribution in [2.45, 2.75) is 0 Å². The molecule has 0 saturated heterocycles. The van der Waals surface area contributed by atoms with Crippen LogP contribution >= 0.6 is 0 Å². The molecular formula is C4H6O2. The maximum Gasteiger partial charge on any atom is 0.329 e. The second-order valence-electron chi connectivity index (χ2n) is 0.668. The predicted molar refractivity (Wildman–Crippen MR) is 22.2 cm³/mol. The van der Waals surface area contributed by atoms with E-state index in [-0.39, 0.29) is 6.05 Å². The van der Waals surface area contributed by atoms with Gasteiger partial charge in [0.05, 0.1) is 8.48 Å². The lowest BCUT2D eigenvalue weighted by molar-refractivity contribution is -0.134. The highest BCUT2D eigenvalue weighted by Crippen LogP contribution is 1.67. The Labute approximate surface area is 37.8 Å². The van der Waals surface area contributed by atoms with Crippen molar-refractivity contribution >= 4 is 5.97 Å². The molecule has 0 heterocycles. The van der Waals surface area contributed by atoms with Crippen molar-refractivity contribution in [1.82, 2.24) is 0 Å². The zero-order valence-corrected chi connectivity index (χ0v) is 3.52. The maximum atomic E-state index is 10.0. The Morgan fingerprint density at radius 1 is 2.33 bits per heavy atom. The van der Waals surface area contributed by atoms with Gasteiger partial charge in [0.1, 0.15) is 0 Å². The van der Waals surface area contributed by atoms with Crippen molar-refractivity contribution in [3.63, 3.8) is 0 Å². The number of esters is 1. The quantitative estimate of drug-likeness (QED) is 0.340. The Morgan fingerprint density at radius 3 is 2.83 bits per heavy atom. The summed E-state index contributed by atoms with van der Waals surface area (Å²) in [6.07, 6.45) is 0. The van der Waals surface area contributed by atoms with E-state index in [9.17, 15) is 4.79 Å². The highest BCUT2D eigenvalue weighted by atomic mass is 16.5. The van der Waals surface area contributed by atoms with Crippen molar-refractivity contribution in [3.8, 4) is 0 Å². The van der Waals surface area contributed by atoms with Gasteiger partial charge >= 0.3 is 5.97 Å². The van der Waals surface area contributed by atoms with Crippen LogP contribution in [0.5, 0.6) is 0 Å². The molecule has 0 aromatic heterocycles. The molecule has 0 atom stereocenters. The third-order valence-corrected chi connectivity index (χ3v) is 0.330. The Hall–Kier alpha value is -0.790. The van der Waals surface area contributed by atoms with E-state index in [2.05, 4.69) is 11.3 Å². The van der Waals surface area contributed by atoms with Crippen LogP contribution < -0.4 is 0 Å². The summed E-state index contributed by atoms with van der Waals surface area (Å²) >= 11 is 0. The summed E-state index contributed by atoms with van der Waals surface area (Å²) in [6.45, 7) is 3.02. The van der Waals surface area contributed by atoms with E-state index >= 15 is 0 Å². The minimum Gasteiger partial charge on any atom is -0.466 e. The van der Waals surface area contributed by atoms with Crippen molar-refractivity contribution in [1.29, 1.82) is 0 Å². The van der Waals surface area contributed by atoms with Gasteiger partial charge in [0.25, 0.3) is 0 Å². The number of hydrogen-bond donors (Lipinski definition) is 0. The monoisotopic (exact) mass is 87.0 g/mol. The van der Waals surface area contributed by atoms with Gasteiger partial charge in [0.2, 0.25) is 0 Å². The van der Waals surface area contributed by atoms with Crippen LogP contribution in [0.15, 0.2) is 12.6 Å². The molecule has 0 aliphatic heterocycles. The van der Waals surface area contributed by atoms with Crippen molar-refractivity contribution in [2.24, 2.45) is 0 Å². The molecule has 0 aliphatic rings. The van der Waals surface area contributed by atoms with E-state index in [1.165, 1.54) is 7.11 Å². The molecule has 34 valence electrons. The van der Waals surface area contributed by atoms with Gasteiger partial charge in [-0.1, -0.05) is 6.58 Å². The first kappa shape index (κ1) is 3.40. The summed E-state index contributed by atoms with van der Waals surface area (Å²) in [4.78, 5) is 10.0. The number of carbonyl (C=O) groups is 1. The summed E-state index contributed by atoms with van der Waals surface area (Å²) in [5.41, 5.74) is 0. The molecule has 2 heteroatoms. The van der Waals surface area contributed by atoms with Gasteiger partial charge in [-0.25, -0.2) is 4.79 Å². The molecule has 0 fully saturated rings. The fourth-order valence-corrected chi connectivity index (χ4v) is 0.0722. The Balaban J connectivity index is 3.58. The van der Waals surface area contributed by atoms with E-state index in [1.807, 2.05) is 0 Å². The third-order valence-electron chi connectivity index (χ3n) is 0.330. The number of carbonyl (C=O) groups excluding carboxylic acids is 1. The van der Waals surface area contributed by atoms with Crippen LogP contribution in [0, 0.1) is 0 Å². The van der Waals surface area contributed by atoms with E-state index in [4.69, 9.17) is 1.37 Å². The van der Waals surface area contributed by atoms with Crippen molar-refractivity contribution < 1.29 is 10.9 Å². The number of methoxy groups -OCH3 is 1. The molecule has 0 bridgehead atoms.